The first-order chi connectivity index (χ1) is 7.50. The Hall–Kier alpha value is -0.930. The third kappa shape index (κ3) is 1.85. The van der Waals surface area contributed by atoms with E-state index in [1.807, 2.05) is 12.5 Å². The van der Waals surface area contributed by atoms with Gasteiger partial charge in [-0.05, 0) is 36.1 Å². The second-order valence-electron chi connectivity index (χ2n) is 3.82. The van der Waals surface area contributed by atoms with E-state index in [9.17, 15) is 9.50 Å². The standard InChI is InChI=1S/C12H12ClFOS/c1-16(2)10-6-8(15)5-7-3-4-9(14)12(13)11(7)10/h3-6,15-16H,1-2H3. The molecule has 0 saturated carbocycles. The van der Waals surface area contributed by atoms with Crippen molar-refractivity contribution in [1.82, 2.24) is 0 Å². The minimum absolute atomic E-state index is 0.142. The van der Waals surface area contributed by atoms with Crippen LogP contribution in [0.15, 0.2) is 29.2 Å². The van der Waals surface area contributed by atoms with Crippen LogP contribution in [0.1, 0.15) is 0 Å². The summed E-state index contributed by atoms with van der Waals surface area (Å²) in [6, 6.07) is 6.22. The number of hydrogen-bond donors (Lipinski definition) is 2. The molecule has 0 aromatic heterocycles. The number of phenolic OH excluding ortho intramolecular Hbond substituents is 1. The van der Waals surface area contributed by atoms with Crippen molar-refractivity contribution in [2.24, 2.45) is 0 Å². The zero-order chi connectivity index (χ0) is 11.9. The Morgan fingerprint density at radius 1 is 1.25 bits per heavy atom. The van der Waals surface area contributed by atoms with Gasteiger partial charge in [0, 0.05) is 10.3 Å². The molecule has 0 aliphatic heterocycles. The molecule has 0 amide bonds. The zero-order valence-electron chi connectivity index (χ0n) is 8.96. The van der Waals surface area contributed by atoms with Crippen LogP contribution < -0.4 is 0 Å². The van der Waals surface area contributed by atoms with Gasteiger partial charge in [0.1, 0.15) is 11.6 Å². The smallest absolute Gasteiger partial charge is 0.142 e. The lowest BCUT2D eigenvalue weighted by atomic mass is 10.1. The molecule has 1 nitrogen and oxygen atoms in total. The lowest BCUT2D eigenvalue weighted by Crippen LogP contribution is -1.87. The van der Waals surface area contributed by atoms with E-state index >= 15 is 0 Å². The van der Waals surface area contributed by atoms with Crippen LogP contribution in [0.3, 0.4) is 0 Å². The first kappa shape index (κ1) is 11.6. The molecule has 0 radical (unpaired) electrons. The predicted molar refractivity (Wildman–Crippen MR) is 69.7 cm³/mol. The summed E-state index contributed by atoms with van der Waals surface area (Å²) in [6.07, 6.45) is 4.09. The van der Waals surface area contributed by atoms with Gasteiger partial charge in [-0.1, -0.05) is 17.7 Å². The van der Waals surface area contributed by atoms with Crippen LogP contribution >= 0.6 is 22.5 Å². The predicted octanol–water partition coefficient (Wildman–Crippen LogP) is 3.96. The van der Waals surface area contributed by atoms with Crippen LogP contribution in [-0.4, -0.2) is 17.6 Å². The van der Waals surface area contributed by atoms with Crippen LogP contribution in [0.2, 0.25) is 5.02 Å². The third-order valence-electron chi connectivity index (χ3n) is 2.45. The Morgan fingerprint density at radius 2 is 1.94 bits per heavy atom. The van der Waals surface area contributed by atoms with E-state index in [2.05, 4.69) is 0 Å². The number of benzene rings is 2. The summed E-state index contributed by atoms with van der Waals surface area (Å²) < 4.78 is 13.4. The van der Waals surface area contributed by atoms with Gasteiger partial charge in [0.15, 0.2) is 0 Å². The molecule has 0 spiro atoms. The number of hydrogen-bond acceptors (Lipinski definition) is 1. The van der Waals surface area contributed by atoms with Gasteiger partial charge in [-0.2, -0.15) is 0 Å². The van der Waals surface area contributed by atoms with Crippen LogP contribution in [0.5, 0.6) is 5.75 Å². The SMILES string of the molecule is C[SH](C)c1cc(O)cc2ccc(F)c(Cl)c12. The Labute approximate surface area is 101 Å². The van der Waals surface area contributed by atoms with Gasteiger partial charge < -0.3 is 5.11 Å². The number of thiol groups is 1. The maximum atomic E-state index is 13.4. The van der Waals surface area contributed by atoms with E-state index in [1.54, 1.807) is 18.2 Å². The largest absolute Gasteiger partial charge is 0.508 e. The minimum Gasteiger partial charge on any atom is -0.508 e. The highest BCUT2D eigenvalue weighted by Crippen LogP contribution is 2.41. The summed E-state index contributed by atoms with van der Waals surface area (Å²) >= 11 is 5.98. The maximum absolute atomic E-state index is 13.4. The van der Waals surface area contributed by atoms with E-state index in [1.165, 1.54) is 6.07 Å². The van der Waals surface area contributed by atoms with E-state index in [0.29, 0.717) is 0 Å². The van der Waals surface area contributed by atoms with Crippen molar-refractivity contribution in [3.63, 3.8) is 0 Å². The topological polar surface area (TPSA) is 20.2 Å². The normalized spacial score (nSPS) is 11.9. The number of rotatable bonds is 1. The summed E-state index contributed by atoms with van der Waals surface area (Å²) in [6.45, 7) is 0. The molecule has 0 fully saturated rings. The molecule has 0 heterocycles. The number of phenols is 1. The van der Waals surface area contributed by atoms with Crippen molar-refractivity contribution in [3.05, 3.63) is 35.1 Å². The van der Waals surface area contributed by atoms with Crippen molar-refractivity contribution in [1.29, 1.82) is 0 Å². The average molecular weight is 259 g/mol. The molecule has 0 atom stereocenters. The average Bonchev–Trinajstić information content (AvgIpc) is 2.22. The molecule has 1 N–H and O–H groups in total. The quantitative estimate of drug-likeness (QED) is 0.742. The highest BCUT2D eigenvalue weighted by Gasteiger charge is 2.12. The molecule has 0 saturated heterocycles. The van der Waals surface area contributed by atoms with Crippen LogP contribution in [-0.2, 0) is 0 Å². The summed E-state index contributed by atoms with van der Waals surface area (Å²) in [7, 11) is -0.451. The zero-order valence-corrected chi connectivity index (χ0v) is 10.6. The van der Waals surface area contributed by atoms with Gasteiger partial charge in [0.25, 0.3) is 0 Å². The van der Waals surface area contributed by atoms with Crippen LogP contribution in [0.4, 0.5) is 4.39 Å². The Morgan fingerprint density at radius 3 is 2.56 bits per heavy atom. The van der Waals surface area contributed by atoms with Gasteiger partial charge in [0.05, 0.1) is 5.02 Å². The second kappa shape index (κ2) is 4.15. The number of fused-ring (bicyclic) bond motifs is 1. The highest BCUT2D eigenvalue weighted by molar-refractivity contribution is 8.16. The molecular formula is C12H12ClFOS. The van der Waals surface area contributed by atoms with E-state index in [0.717, 1.165) is 15.7 Å². The van der Waals surface area contributed by atoms with E-state index in [-0.39, 0.29) is 10.8 Å². The third-order valence-corrected chi connectivity index (χ3v) is 4.14. The fourth-order valence-electron chi connectivity index (χ4n) is 1.71. The van der Waals surface area contributed by atoms with Crippen LogP contribution in [0, 0.1) is 5.82 Å². The summed E-state index contributed by atoms with van der Waals surface area (Å²) in [5.74, 6) is -0.223. The number of aromatic hydroxyl groups is 1. The molecule has 0 bridgehead atoms. The lowest BCUT2D eigenvalue weighted by molar-refractivity contribution is 0.475. The van der Waals surface area contributed by atoms with Crippen molar-refractivity contribution >= 4 is 33.3 Å². The fraction of sp³-hybridized carbons (Fsp3) is 0.167. The molecule has 2 aromatic rings. The Balaban J connectivity index is 2.92. The Kier molecular flexibility index (Phi) is 3.00. The first-order valence-corrected chi connectivity index (χ1v) is 7.40. The second-order valence-corrected chi connectivity index (χ2v) is 6.47. The summed E-state index contributed by atoms with van der Waals surface area (Å²) in [5, 5.41) is 11.2. The molecule has 0 unspecified atom stereocenters. The highest BCUT2D eigenvalue weighted by atomic mass is 35.5. The molecule has 4 heteroatoms. The monoisotopic (exact) mass is 258 g/mol. The van der Waals surface area contributed by atoms with Gasteiger partial charge in [-0.15, -0.1) is 0 Å². The first-order valence-electron chi connectivity index (χ1n) is 4.78. The van der Waals surface area contributed by atoms with Gasteiger partial charge >= 0.3 is 0 Å². The summed E-state index contributed by atoms with van der Waals surface area (Å²) in [4.78, 5) is 0.925. The van der Waals surface area contributed by atoms with E-state index < -0.39 is 16.7 Å². The van der Waals surface area contributed by atoms with Gasteiger partial charge in [-0.3, -0.25) is 0 Å². The maximum Gasteiger partial charge on any atom is 0.142 e. The fourth-order valence-corrected chi connectivity index (χ4v) is 3.13. The summed E-state index contributed by atoms with van der Waals surface area (Å²) in [5.41, 5.74) is 0. The lowest BCUT2D eigenvalue weighted by Gasteiger charge is -2.15. The molecule has 0 aliphatic carbocycles. The van der Waals surface area contributed by atoms with Crippen molar-refractivity contribution in [3.8, 4) is 5.75 Å². The van der Waals surface area contributed by atoms with Crippen molar-refractivity contribution < 1.29 is 9.50 Å². The van der Waals surface area contributed by atoms with Crippen LogP contribution in [0.25, 0.3) is 10.8 Å². The van der Waals surface area contributed by atoms with E-state index in [4.69, 9.17) is 11.6 Å². The molecular weight excluding hydrogens is 247 g/mol. The minimum atomic E-state index is -0.451. The molecule has 2 rings (SSSR count). The number of halogens is 2. The van der Waals surface area contributed by atoms with Gasteiger partial charge in [0.2, 0.25) is 0 Å². The van der Waals surface area contributed by atoms with Gasteiger partial charge in [-0.25, -0.2) is 15.3 Å². The molecule has 0 aliphatic rings. The molecule has 86 valence electrons. The van der Waals surface area contributed by atoms with Crippen molar-refractivity contribution in [2.45, 2.75) is 4.90 Å². The molecule has 16 heavy (non-hydrogen) atoms. The van der Waals surface area contributed by atoms with Crippen molar-refractivity contribution in [2.75, 3.05) is 12.5 Å². The Bertz CT molecular complexity index is 554. The molecule has 2 aromatic carbocycles.